The Morgan fingerprint density at radius 1 is 0.696 bits per heavy atom. The van der Waals surface area contributed by atoms with Crippen LogP contribution < -0.4 is 4.90 Å². The van der Waals surface area contributed by atoms with Gasteiger partial charge < -0.3 is 0 Å². The lowest BCUT2D eigenvalue weighted by atomic mass is 10.2. The van der Waals surface area contributed by atoms with Crippen molar-refractivity contribution in [2.45, 2.75) is 6.18 Å². The van der Waals surface area contributed by atoms with Crippen molar-refractivity contribution in [3.05, 3.63) is 66.7 Å². The van der Waals surface area contributed by atoms with E-state index in [9.17, 15) is 13.2 Å². The van der Waals surface area contributed by atoms with Gasteiger partial charge in [-0.2, -0.15) is 13.2 Å². The van der Waals surface area contributed by atoms with Gasteiger partial charge >= 0.3 is 6.18 Å². The van der Waals surface area contributed by atoms with Crippen LogP contribution in [0.15, 0.2) is 61.2 Å². The van der Waals surface area contributed by atoms with Crippen molar-refractivity contribution in [1.82, 2.24) is 19.9 Å². The molecular formula is C15H10F3N5. The van der Waals surface area contributed by atoms with Crippen LogP contribution in [0.4, 0.5) is 30.8 Å². The van der Waals surface area contributed by atoms with Gasteiger partial charge in [-0.1, -0.05) is 0 Å². The Bertz CT molecular complexity index is 721. The minimum Gasteiger partial charge on any atom is -0.247 e. The highest BCUT2D eigenvalue weighted by atomic mass is 19.4. The molecule has 23 heavy (non-hydrogen) atoms. The van der Waals surface area contributed by atoms with E-state index in [1.165, 1.54) is 41.8 Å². The van der Waals surface area contributed by atoms with Gasteiger partial charge in [0.2, 0.25) is 11.9 Å². The molecule has 116 valence electrons. The van der Waals surface area contributed by atoms with E-state index < -0.39 is 11.7 Å². The summed E-state index contributed by atoms with van der Waals surface area (Å²) in [5.41, 5.74) is -0.306. The number of hydrogen-bond donors (Lipinski definition) is 0. The molecule has 3 rings (SSSR count). The quantitative estimate of drug-likeness (QED) is 0.736. The van der Waals surface area contributed by atoms with Crippen LogP contribution in [0.5, 0.6) is 0 Å². The smallest absolute Gasteiger partial charge is 0.247 e. The van der Waals surface area contributed by atoms with Crippen molar-refractivity contribution in [1.29, 1.82) is 0 Å². The number of halogens is 3. The molecule has 0 atom stereocenters. The third-order valence-corrected chi connectivity index (χ3v) is 2.96. The summed E-state index contributed by atoms with van der Waals surface area (Å²) in [7, 11) is 0. The summed E-state index contributed by atoms with van der Waals surface area (Å²) in [6.45, 7) is 0. The molecule has 0 bridgehead atoms. The number of rotatable bonds is 3. The summed E-state index contributed by atoms with van der Waals surface area (Å²) in [6, 6.07) is 7.92. The SMILES string of the molecule is FC(F)(F)c1ccc(N(c2ncccn2)c2ncccn2)cc1. The zero-order valence-corrected chi connectivity index (χ0v) is 11.6. The predicted molar refractivity (Wildman–Crippen MR) is 77.3 cm³/mol. The number of alkyl halides is 3. The van der Waals surface area contributed by atoms with Crippen LogP contribution in [0.1, 0.15) is 5.56 Å². The van der Waals surface area contributed by atoms with E-state index in [4.69, 9.17) is 0 Å². The highest BCUT2D eigenvalue weighted by Gasteiger charge is 2.30. The minimum absolute atomic E-state index is 0.262. The summed E-state index contributed by atoms with van der Waals surface area (Å²) in [5.74, 6) is 0.525. The van der Waals surface area contributed by atoms with Crippen molar-refractivity contribution in [2.75, 3.05) is 4.90 Å². The zero-order valence-electron chi connectivity index (χ0n) is 11.6. The maximum absolute atomic E-state index is 12.7. The first-order valence-corrected chi connectivity index (χ1v) is 6.57. The first kappa shape index (κ1) is 14.9. The summed E-state index contributed by atoms with van der Waals surface area (Å²) in [5, 5.41) is 0. The standard InChI is InChI=1S/C15H10F3N5/c16-15(17,18)11-3-5-12(6-4-11)23(13-19-7-1-8-20-13)14-21-9-2-10-22-14/h1-10H. The maximum Gasteiger partial charge on any atom is 0.416 e. The van der Waals surface area contributed by atoms with E-state index >= 15 is 0 Å². The number of hydrogen-bond acceptors (Lipinski definition) is 5. The van der Waals surface area contributed by atoms with Gasteiger partial charge in [-0.05, 0) is 36.4 Å². The van der Waals surface area contributed by atoms with Gasteiger partial charge in [-0.15, -0.1) is 0 Å². The molecule has 0 amide bonds. The lowest BCUT2D eigenvalue weighted by molar-refractivity contribution is -0.137. The Hall–Kier alpha value is -3.03. The Labute approximate surface area is 129 Å². The molecule has 0 aliphatic rings. The molecule has 5 nitrogen and oxygen atoms in total. The van der Waals surface area contributed by atoms with E-state index in [1.807, 2.05) is 0 Å². The summed E-state index contributed by atoms with van der Waals surface area (Å²) < 4.78 is 38.1. The lowest BCUT2D eigenvalue weighted by Crippen LogP contribution is -2.16. The van der Waals surface area contributed by atoms with Crippen LogP contribution in [0.25, 0.3) is 0 Å². The van der Waals surface area contributed by atoms with E-state index in [0.717, 1.165) is 12.1 Å². The van der Waals surface area contributed by atoms with Crippen molar-refractivity contribution < 1.29 is 13.2 Å². The predicted octanol–water partition coefficient (Wildman–Crippen LogP) is 3.76. The Kier molecular flexibility index (Phi) is 3.88. The lowest BCUT2D eigenvalue weighted by Gasteiger charge is -2.20. The number of anilines is 3. The van der Waals surface area contributed by atoms with Crippen LogP contribution in [-0.4, -0.2) is 19.9 Å². The third-order valence-electron chi connectivity index (χ3n) is 2.96. The molecule has 0 aliphatic carbocycles. The van der Waals surface area contributed by atoms with Crippen molar-refractivity contribution >= 4 is 17.6 Å². The summed E-state index contributed by atoms with van der Waals surface area (Å²) in [6.07, 6.45) is 1.73. The van der Waals surface area contributed by atoms with Crippen molar-refractivity contribution in [3.8, 4) is 0 Å². The molecule has 0 aliphatic heterocycles. The van der Waals surface area contributed by atoms with Gasteiger partial charge in [0, 0.05) is 24.8 Å². The highest BCUT2D eigenvalue weighted by Crippen LogP contribution is 2.33. The Morgan fingerprint density at radius 3 is 1.52 bits per heavy atom. The van der Waals surface area contributed by atoms with E-state index in [-0.39, 0.29) is 11.9 Å². The van der Waals surface area contributed by atoms with Gasteiger partial charge in [0.15, 0.2) is 0 Å². The first-order chi connectivity index (χ1) is 11.1. The maximum atomic E-state index is 12.7. The monoisotopic (exact) mass is 317 g/mol. The minimum atomic E-state index is -4.39. The molecule has 0 fully saturated rings. The molecule has 0 spiro atoms. The second kappa shape index (κ2) is 5.99. The van der Waals surface area contributed by atoms with Crippen molar-refractivity contribution in [2.24, 2.45) is 0 Å². The topological polar surface area (TPSA) is 54.8 Å². The zero-order chi connectivity index (χ0) is 16.3. The average molecular weight is 317 g/mol. The third kappa shape index (κ3) is 3.25. The Balaban J connectivity index is 2.06. The van der Waals surface area contributed by atoms with Crippen molar-refractivity contribution in [3.63, 3.8) is 0 Å². The summed E-state index contributed by atoms with van der Waals surface area (Å²) in [4.78, 5) is 17.9. The molecule has 3 aromatic rings. The fourth-order valence-electron chi connectivity index (χ4n) is 1.93. The number of nitrogens with zero attached hydrogens (tertiary/aromatic N) is 5. The van der Waals surface area contributed by atoms with Gasteiger partial charge in [0.25, 0.3) is 0 Å². The van der Waals surface area contributed by atoms with Gasteiger partial charge in [-0.3, -0.25) is 0 Å². The number of aromatic nitrogens is 4. The molecule has 0 saturated carbocycles. The second-order valence-electron chi connectivity index (χ2n) is 4.48. The molecule has 2 heterocycles. The fourth-order valence-corrected chi connectivity index (χ4v) is 1.93. The normalized spacial score (nSPS) is 11.3. The highest BCUT2D eigenvalue weighted by molar-refractivity contribution is 5.67. The molecule has 0 radical (unpaired) electrons. The molecule has 0 N–H and O–H groups in total. The average Bonchev–Trinajstić information content (AvgIpc) is 2.57. The van der Waals surface area contributed by atoms with Crippen LogP contribution in [0, 0.1) is 0 Å². The molecule has 1 aromatic carbocycles. The fraction of sp³-hybridized carbons (Fsp3) is 0.0667. The molecule has 0 saturated heterocycles. The van der Waals surface area contributed by atoms with Gasteiger partial charge in [0.05, 0.1) is 11.3 Å². The van der Waals surface area contributed by atoms with Gasteiger partial charge in [0.1, 0.15) is 0 Å². The van der Waals surface area contributed by atoms with Crippen LogP contribution >= 0.6 is 0 Å². The van der Waals surface area contributed by atoms with E-state index in [1.54, 1.807) is 12.1 Å². The van der Waals surface area contributed by atoms with E-state index in [0.29, 0.717) is 5.69 Å². The molecule has 2 aromatic heterocycles. The van der Waals surface area contributed by atoms with Crippen LogP contribution in [0.3, 0.4) is 0 Å². The molecule has 8 heteroatoms. The van der Waals surface area contributed by atoms with E-state index in [2.05, 4.69) is 19.9 Å². The molecule has 0 unspecified atom stereocenters. The Morgan fingerprint density at radius 2 is 1.13 bits per heavy atom. The first-order valence-electron chi connectivity index (χ1n) is 6.57. The van der Waals surface area contributed by atoms with Crippen LogP contribution in [-0.2, 0) is 6.18 Å². The number of benzene rings is 1. The van der Waals surface area contributed by atoms with Crippen LogP contribution in [0.2, 0.25) is 0 Å². The second-order valence-corrected chi connectivity index (χ2v) is 4.48. The largest absolute Gasteiger partial charge is 0.416 e. The van der Waals surface area contributed by atoms with Gasteiger partial charge in [-0.25, -0.2) is 24.8 Å². The molecular weight excluding hydrogens is 307 g/mol. The summed E-state index contributed by atoms with van der Waals surface area (Å²) >= 11 is 0.